The van der Waals surface area contributed by atoms with Crippen molar-refractivity contribution < 1.29 is 9.47 Å². The largest absolute Gasteiger partial charge is 0.497 e. The Kier molecular flexibility index (Phi) is 7.39. The third-order valence-electron chi connectivity index (χ3n) is 5.67. The van der Waals surface area contributed by atoms with Crippen molar-refractivity contribution in [3.8, 4) is 11.5 Å². The first-order valence-corrected chi connectivity index (χ1v) is 11.0. The lowest BCUT2D eigenvalue weighted by molar-refractivity contribution is 0.238. The van der Waals surface area contributed by atoms with Crippen LogP contribution in [-0.4, -0.2) is 66.3 Å². The molecule has 2 heterocycles. The van der Waals surface area contributed by atoms with E-state index in [0.29, 0.717) is 0 Å². The van der Waals surface area contributed by atoms with E-state index >= 15 is 0 Å². The zero-order valence-corrected chi connectivity index (χ0v) is 18.2. The Balaban J connectivity index is 1.10. The summed E-state index contributed by atoms with van der Waals surface area (Å²) in [5.41, 5.74) is 2.44. The zero-order chi connectivity index (χ0) is 21.3. The minimum absolute atomic E-state index is 0.728. The van der Waals surface area contributed by atoms with Gasteiger partial charge in [-0.1, -0.05) is 23.4 Å². The molecule has 0 spiro atoms. The number of piperazine rings is 1. The van der Waals surface area contributed by atoms with Crippen molar-refractivity contribution in [3.63, 3.8) is 0 Å². The molecule has 1 saturated heterocycles. The van der Waals surface area contributed by atoms with Crippen LogP contribution in [0.15, 0.2) is 60.9 Å². The summed E-state index contributed by atoms with van der Waals surface area (Å²) in [5, 5.41) is 7.82. The number of anilines is 1. The molecule has 0 amide bonds. The Morgan fingerprint density at radius 2 is 1.77 bits per heavy atom. The Hall–Kier alpha value is -3.06. The number of ether oxygens (including phenoxy) is 2. The van der Waals surface area contributed by atoms with Gasteiger partial charge in [-0.2, -0.15) is 0 Å². The standard InChI is InChI=1S/C24H31N5O2/c1-30-24-6-4-5-22(19-24)28-16-14-27(15-17-28)12-2-3-18-31-23-9-7-21(8-10-23)20-29-13-11-25-26-29/h4-11,13,19H,2-3,12,14-18,20H2,1H3. The van der Waals surface area contributed by atoms with E-state index in [9.17, 15) is 0 Å². The van der Waals surface area contributed by atoms with Crippen LogP contribution in [0.2, 0.25) is 0 Å². The zero-order valence-electron chi connectivity index (χ0n) is 18.2. The predicted molar refractivity (Wildman–Crippen MR) is 122 cm³/mol. The summed E-state index contributed by atoms with van der Waals surface area (Å²) in [6, 6.07) is 16.6. The molecule has 4 rings (SSSR count). The van der Waals surface area contributed by atoms with E-state index in [0.717, 1.165) is 70.2 Å². The molecule has 164 valence electrons. The first-order valence-electron chi connectivity index (χ1n) is 11.0. The molecule has 0 unspecified atom stereocenters. The highest BCUT2D eigenvalue weighted by Crippen LogP contribution is 2.22. The quantitative estimate of drug-likeness (QED) is 0.468. The van der Waals surface area contributed by atoms with Gasteiger partial charge in [0, 0.05) is 44.1 Å². The summed E-state index contributed by atoms with van der Waals surface area (Å²) in [4.78, 5) is 4.99. The van der Waals surface area contributed by atoms with Crippen LogP contribution in [-0.2, 0) is 6.54 Å². The summed E-state index contributed by atoms with van der Waals surface area (Å²) < 4.78 is 13.1. The van der Waals surface area contributed by atoms with Crippen LogP contribution in [0.5, 0.6) is 11.5 Å². The van der Waals surface area contributed by atoms with E-state index < -0.39 is 0 Å². The van der Waals surface area contributed by atoms with Gasteiger partial charge in [0.2, 0.25) is 0 Å². The van der Waals surface area contributed by atoms with Crippen LogP contribution in [0.1, 0.15) is 18.4 Å². The summed E-state index contributed by atoms with van der Waals surface area (Å²) in [7, 11) is 1.72. The van der Waals surface area contributed by atoms with Crippen LogP contribution < -0.4 is 14.4 Å². The van der Waals surface area contributed by atoms with Gasteiger partial charge < -0.3 is 14.4 Å². The van der Waals surface area contributed by atoms with Crippen LogP contribution in [0, 0.1) is 0 Å². The fourth-order valence-electron chi connectivity index (χ4n) is 3.86. The molecule has 2 aromatic carbocycles. The fraction of sp³-hybridized carbons (Fsp3) is 0.417. The van der Waals surface area contributed by atoms with Crippen LogP contribution in [0.25, 0.3) is 0 Å². The average Bonchev–Trinajstić information content (AvgIpc) is 3.33. The van der Waals surface area contributed by atoms with Gasteiger partial charge in [0.05, 0.1) is 26.5 Å². The normalized spacial score (nSPS) is 14.5. The maximum absolute atomic E-state index is 5.91. The van der Waals surface area contributed by atoms with Crippen molar-refractivity contribution in [2.24, 2.45) is 0 Å². The lowest BCUT2D eigenvalue weighted by Gasteiger charge is -2.36. The number of rotatable bonds is 10. The van der Waals surface area contributed by atoms with Crippen molar-refractivity contribution >= 4 is 5.69 Å². The lowest BCUT2D eigenvalue weighted by atomic mass is 10.2. The van der Waals surface area contributed by atoms with Gasteiger partial charge in [-0.3, -0.25) is 4.90 Å². The van der Waals surface area contributed by atoms with Crippen LogP contribution in [0.3, 0.4) is 0 Å². The lowest BCUT2D eigenvalue weighted by Crippen LogP contribution is -2.46. The van der Waals surface area contributed by atoms with E-state index in [4.69, 9.17) is 9.47 Å². The minimum atomic E-state index is 0.728. The second-order valence-corrected chi connectivity index (χ2v) is 7.83. The van der Waals surface area contributed by atoms with Gasteiger partial charge in [-0.15, -0.1) is 5.10 Å². The van der Waals surface area contributed by atoms with E-state index in [1.807, 2.05) is 29.1 Å². The van der Waals surface area contributed by atoms with Gasteiger partial charge >= 0.3 is 0 Å². The Morgan fingerprint density at radius 1 is 0.935 bits per heavy atom. The first-order chi connectivity index (χ1) is 15.3. The second-order valence-electron chi connectivity index (χ2n) is 7.83. The maximum atomic E-state index is 5.91. The molecule has 0 saturated carbocycles. The highest BCUT2D eigenvalue weighted by Gasteiger charge is 2.17. The number of hydrogen-bond acceptors (Lipinski definition) is 6. The van der Waals surface area contributed by atoms with Crippen molar-refractivity contribution in [3.05, 3.63) is 66.5 Å². The molecule has 0 N–H and O–H groups in total. The van der Waals surface area contributed by atoms with E-state index in [2.05, 4.69) is 50.4 Å². The fourth-order valence-corrected chi connectivity index (χ4v) is 3.86. The molecule has 31 heavy (non-hydrogen) atoms. The molecule has 0 radical (unpaired) electrons. The molecule has 0 bridgehead atoms. The molecule has 1 aromatic heterocycles. The molecule has 1 aliphatic heterocycles. The minimum Gasteiger partial charge on any atom is -0.497 e. The van der Waals surface area contributed by atoms with Gasteiger partial charge in [-0.05, 0) is 49.2 Å². The van der Waals surface area contributed by atoms with Crippen molar-refractivity contribution in [1.82, 2.24) is 19.9 Å². The maximum Gasteiger partial charge on any atom is 0.120 e. The number of benzene rings is 2. The topological polar surface area (TPSA) is 55.7 Å². The SMILES string of the molecule is COc1cccc(N2CCN(CCCCOc3ccc(Cn4ccnn4)cc3)CC2)c1. The number of methoxy groups -OCH3 is 1. The van der Waals surface area contributed by atoms with Crippen LogP contribution in [0.4, 0.5) is 5.69 Å². The summed E-state index contributed by atoms with van der Waals surface area (Å²) >= 11 is 0. The molecule has 1 fully saturated rings. The summed E-state index contributed by atoms with van der Waals surface area (Å²) in [5.74, 6) is 1.85. The summed E-state index contributed by atoms with van der Waals surface area (Å²) in [6.45, 7) is 6.94. The molecular formula is C24H31N5O2. The van der Waals surface area contributed by atoms with E-state index in [1.54, 1.807) is 13.3 Å². The molecule has 7 heteroatoms. The Labute approximate surface area is 184 Å². The number of hydrogen-bond donors (Lipinski definition) is 0. The van der Waals surface area contributed by atoms with Crippen LogP contribution >= 0.6 is 0 Å². The molecule has 7 nitrogen and oxygen atoms in total. The molecule has 0 aliphatic carbocycles. The van der Waals surface area contributed by atoms with Crippen molar-refractivity contribution in [2.45, 2.75) is 19.4 Å². The highest BCUT2D eigenvalue weighted by atomic mass is 16.5. The Bertz CT molecular complexity index is 906. The van der Waals surface area contributed by atoms with E-state index in [-0.39, 0.29) is 0 Å². The molecule has 3 aromatic rings. The number of aromatic nitrogens is 3. The number of unbranched alkanes of at least 4 members (excludes halogenated alkanes) is 1. The second kappa shape index (κ2) is 10.8. The average molecular weight is 422 g/mol. The first kappa shape index (κ1) is 21.2. The number of nitrogens with zero attached hydrogens (tertiary/aromatic N) is 5. The monoisotopic (exact) mass is 421 g/mol. The molecular weight excluding hydrogens is 390 g/mol. The molecule has 0 atom stereocenters. The highest BCUT2D eigenvalue weighted by molar-refractivity contribution is 5.51. The van der Waals surface area contributed by atoms with Crippen molar-refractivity contribution in [2.75, 3.05) is 51.3 Å². The Morgan fingerprint density at radius 3 is 2.52 bits per heavy atom. The van der Waals surface area contributed by atoms with E-state index in [1.165, 1.54) is 11.3 Å². The predicted octanol–water partition coefficient (Wildman–Crippen LogP) is 3.32. The van der Waals surface area contributed by atoms with Gasteiger partial charge in [0.1, 0.15) is 11.5 Å². The van der Waals surface area contributed by atoms with Gasteiger partial charge in [0.25, 0.3) is 0 Å². The smallest absolute Gasteiger partial charge is 0.120 e. The third kappa shape index (κ3) is 6.21. The van der Waals surface area contributed by atoms with Crippen molar-refractivity contribution in [1.29, 1.82) is 0 Å². The molecule has 1 aliphatic rings. The summed E-state index contributed by atoms with van der Waals surface area (Å²) in [6.07, 6.45) is 5.78. The van der Waals surface area contributed by atoms with Gasteiger partial charge in [-0.25, -0.2) is 4.68 Å². The van der Waals surface area contributed by atoms with Gasteiger partial charge in [0.15, 0.2) is 0 Å². The third-order valence-corrected chi connectivity index (χ3v) is 5.67.